The van der Waals surface area contributed by atoms with E-state index in [1.807, 2.05) is 60.6 Å². The number of pyridine rings is 1. The Kier molecular flexibility index (Phi) is 5.89. The Morgan fingerprint density at radius 3 is 2.55 bits per heavy atom. The number of ether oxygens (including phenoxy) is 2. The van der Waals surface area contributed by atoms with Crippen LogP contribution in [0.15, 0.2) is 18.3 Å². The largest absolute Gasteiger partial charge is 0.500 e. The molecule has 29 heavy (non-hydrogen) atoms. The summed E-state index contributed by atoms with van der Waals surface area (Å²) in [5.74, 6) is 0.748. The third-order valence-corrected chi connectivity index (χ3v) is 5.70. The van der Waals surface area contributed by atoms with Crippen LogP contribution in [0.2, 0.25) is 0 Å². The minimum Gasteiger partial charge on any atom is -0.478 e. The molecule has 1 amide bonds. The van der Waals surface area contributed by atoms with E-state index in [9.17, 15) is 4.79 Å². The number of carbonyl (C=O) groups excluding carboxylic acids is 1. The van der Waals surface area contributed by atoms with Gasteiger partial charge in [-0.1, -0.05) is 6.07 Å². The van der Waals surface area contributed by atoms with Gasteiger partial charge in [0.1, 0.15) is 5.60 Å². The van der Waals surface area contributed by atoms with Gasteiger partial charge >= 0.3 is 13.2 Å². The molecule has 3 rings (SSSR count). The molecule has 1 atom stereocenters. The highest BCUT2D eigenvalue weighted by molar-refractivity contribution is 6.63. The van der Waals surface area contributed by atoms with Gasteiger partial charge in [-0.25, -0.2) is 9.78 Å². The van der Waals surface area contributed by atoms with Crippen molar-refractivity contribution in [3.8, 4) is 5.88 Å². The molecule has 2 aliphatic heterocycles. The Bertz CT molecular complexity index is 731. The van der Waals surface area contributed by atoms with Crippen LogP contribution in [-0.4, -0.2) is 59.6 Å². The van der Waals surface area contributed by atoms with Gasteiger partial charge in [-0.05, 0) is 61.0 Å². The molecule has 2 fully saturated rings. The van der Waals surface area contributed by atoms with E-state index in [4.69, 9.17) is 18.8 Å². The summed E-state index contributed by atoms with van der Waals surface area (Å²) in [6.07, 6.45) is 2.31. The quantitative estimate of drug-likeness (QED) is 0.719. The summed E-state index contributed by atoms with van der Waals surface area (Å²) in [4.78, 5) is 18.4. The molecular formula is C21H33BN2O5. The molecule has 3 heterocycles. The number of amides is 1. The molecule has 0 bridgehead atoms. The summed E-state index contributed by atoms with van der Waals surface area (Å²) in [7, 11) is -0.523. The highest BCUT2D eigenvalue weighted by Gasteiger charge is 2.52. The van der Waals surface area contributed by atoms with Crippen molar-refractivity contribution in [3.05, 3.63) is 18.3 Å². The molecule has 1 aromatic rings. The fourth-order valence-electron chi connectivity index (χ4n) is 3.33. The van der Waals surface area contributed by atoms with Gasteiger partial charge in [0.2, 0.25) is 5.88 Å². The minimum absolute atomic E-state index is 0.232. The van der Waals surface area contributed by atoms with Crippen LogP contribution in [0.4, 0.5) is 4.79 Å². The zero-order valence-corrected chi connectivity index (χ0v) is 18.7. The van der Waals surface area contributed by atoms with E-state index in [0.29, 0.717) is 25.6 Å². The van der Waals surface area contributed by atoms with Crippen LogP contribution >= 0.6 is 0 Å². The fraction of sp³-hybridized carbons (Fsp3) is 0.714. The van der Waals surface area contributed by atoms with Gasteiger partial charge in [0.05, 0.1) is 17.8 Å². The standard InChI is InChI=1S/C21H33BN2O5/c1-19(2,3)27-18(25)24-12-10-15(13-24)14-26-17-16(9-8-11-23-17)22-28-20(4,5)21(6,7)29-22/h8-9,11,15H,10,12-14H2,1-7H3. The molecule has 0 aromatic carbocycles. The Morgan fingerprint density at radius 1 is 1.28 bits per heavy atom. The Balaban J connectivity index is 1.60. The van der Waals surface area contributed by atoms with Gasteiger partial charge in [0, 0.05) is 30.7 Å². The van der Waals surface area contributed by atoms with E-state index in [2.05, 4.69) is 4.98 Å². The van der Waals surface area contributed by atoms with Gasteiger partial charge in [0.25, 0.3) is 0 Å². The second kappa shape index (κ2) is 7.80. The second-order valence-electron chi connectivity index (χ2n) is 9.88. The third kappa shape index (κ3) is 5.04. The molecule has 8 heteroatoms. The summed E-state index contributed by atoms with van der Waals surface area (Å²) in [6, 6.07) is 3.78. The summed E-state index contributed by atoms with van der Waals surface area (Å²) < 4.78 is 23.8. The highest BCUT2D eigenvalue weighted by atomic mass is 16.7. The maximum Gasteiger partial charge on any atom is 0.500 e. The van der Waals surface area contributed by atoms with E-state index in [1.54, 1.807) is 11.1 Å². The average molecular weight is 404 g/mol. The topological polar surface area (TPSA) is 70.1 Å². The van der Waals surface area contributed by atoms with Crippen LogP contribution in [0.25, 0.3) is 0 Å². The lowest BCUT2D eigenvalue weighted by Crippen LogP contribution is -2.41. The average Bonchev–Trinajstić information content (AvgIpc) is 3.14. The van der Waals surface area contributed by atoms with Gasteiger partial charge in [-0.3, -0.25) is 0 Å². The maximum atomic E-state index is 12.2. The molecule has 0 radical (unpaired) electrons. The molecule has 7 nitrogen and oxygen atoms in total. The molecular weight excluding hydrogens is 371 g/mol. The van der Waals surface area contributed by atoms with Crippen LogP contribution in [0.5, 0.6) is 5.88 Å². The molecule has 1 unspecified atom stereocenters. The van der Waals surface area contributed by atoms with Gasteiger partial charge in [-0.2, -0.15) is 0 Å². The van der Waals surface area contributed by atoms with E-state index < -0.39 is 23.9 Å². The number of hydrogen-bond acceptors (Lipinski definition) is 6. The number of hydrogen-bond donors (Lipinski definition) is 0. The lowest BCUT2D eigenvalue weighted by molar-refractivity contribution is 0.00578. The number of nitrogens with zero attached hydrogens (tertiary/aromatic N) is 2. The summed E-state index contributed by atoms with van der Waals surface area (Å²) in [6.45, 7) is 15.5. The van der Waals surface area contributed by atoms with Crippen LogP contribution < -0.4 is 10.2 Å². The second-order valence-corrected chi connectivity index (χ2v) is 9.88. The van der Waals surface area contributed by atoms with Crippen molar-refractivity contribution >= 4 is 18.7 Å². The van der Waals surface area contributed by atoms with Gasteiger partial charge < -0.3 is 23.7 Å². The first-order valence-corrected chi connectivity index (χ1v) is 10.3. The monoisotopic (exact) mass is 404 g/mol. The lowest BCUT2D eigenvalue weighted by atomic mass is 9.80. The van der Waals surface area contributed by atoms with Crippen LogP contribution in [-0.2, 0) is 14.0 Å². The Labute approximate surface area is 174 Å². The maximum absolute atomic E-state index is 12.2. The predicted molar refractivity (Wildman–Crippen MR) is 111 cm³/mol. The number of aromatic nitrogens is 1. The van der Waals surface area contributed by atoms with Gasteiger partial charge in [-0.15, -0.1) is 0 Å². The molecule has 0 aliphatic carbocycles. The third-order valence-electron chi connectivity index (χ3n) is 5.70. The molecule has 0 N–H and O–H groups in total. The molecule has 2 saturated heterocycles. The van der Waals surface area contributed by atoms with Crippen molar-refractivity contribution in [2.75, 3.05) is 19.7 Å². The van der Waals surface area contributed by atoms with E-state index >= 15 is 0 Å². The normalized spacial score (nSPS) is 23.3. The Hall–Kier alpha value is -1.80. The van der Waals surface area contributed by atoms with Crippen LogP contribution in [0.3, 0.4) is 0 Å². The zero-order chi connectivity index (χ0) is 21.4. The van der Waals surface area contributed by atoms with Crippen LogP contribution in [0.1, 0.15) is 54.9 Å². The number of likely N-dealkylation sites (tertiary alicyclic amines) is 1. The van der Waals surface area contributed by atoms with E-state index in [-0.39, 0.29) is 12.0 Å². The number of carbonyl (C=O) groups is 1. The molecule has 0 spiro atoms. The van der Waals surface area contributed by atoms with Crippen molar-refractivity contribution in [2.45, 2.75) is 71.7 Å². The summed E-state index contributed by atoms with van der Waals surface area (Å²) in [5, 5.41) is 0. The first-order chi connectivity index (χ1) is 13.4. The van der Waals surface area contributed by atoms with Crippen molar-refractivity contribution < 1.29 is 23.6 Å². The van der Waals surface area contributed by atoms with Crippen molar-refractivity contribution in [1.82, 2.24) is 9.88 Å². The van der Waals surface area contributed by atoms with E-state index in [0.717, 1.165) is 11.9 Å². The smallest absolute Gasteiger partial charge is 0.478 e. The van der Waals surface area contributed by atoms with Crippen molar-refractivity contribution in [2.24, 2.45) is 5.92 Å². The summed E-state index contributed by atoms with van der Waals surface area (Å²) in [5.41, 5.74) is -0.556. The van der Waals surface area contributed by atoms with Crippen molar-refractivity contribution in [1.29, 1.82) is 0 Å². The molecule has 2 aliphatic rings. The zero-order valence-electron chi connectivity index (χ0n) is 18.7. The fourth-order valence-corrected chi connectivity index (χ4v) is 3.33. The van der Waals surface area contributed by atoms with Gasteiger partial charge in [0.15, 0.2) is 0 Å². The molecule has 0 saturated carbocycles. The van der Waals surface area contributed by atoms with Crippen molar-refractivity contribution in [3.63, 3.8) is 0 Å². The molecule has 1 aromatic heterocycles. The summed E-state index contributed by atoms with van der Waals surface area (Å²) >= 11 is 0. The SMILES string of the molecule is CC(C)(C)OC(=O)N1CCC(COc2ncccc2B2OC(C)(C)C(C)(C)O2)C1. The first kappa shape index (κ1) is 21.9. The minimum atomic E-state index is -0.523. The van der Waals surface area contributed by atoms with E-state index in [1.165, 1.54) is 0 Å². The molecule has 160 valence electrons. The predicted octanol–water partition coefficient (Wildman–Crippen LogP) is 3.02. The first-order valence-electron chi connectivity index (χ1n) is 10.3. The lowest BCUT2D eigenvalue weighted by Gasteiger charge is -2.32. The Morgan fingerprint density at radius 2 is 1.93 bits per heavy atom. The van der Waals surface area contributed by atoms with Crippen LogP contribution in [0, 0.1) is 5.92 Å². The number of rotatable bonds is 4. The highest BCUT2D eigenvalue weighted by Crippen LogP contribution is 2.37.